The summed E-state index contributed by atoms with van der Waals surface area (Å²) >= 11 is 0. The number of nitrogens with zero attached hydrogens (tertiary/aromatic N) is 2. The average Bonchev–Trinajstić information content (AvgIpc) is 2.16. The first-order valence-electron chi connectivity index (χ1n) is 5.14. The highest BCUT2D eigenvalue weighted by molar-refractivity contribution is 5.92. The summed E-state index contributed by atoms with van der Waals surface area (Å²) in [5.41, 5.74) is 15.6. The Balaban J connectivity index is 3.89. The van der Waals surface area contributed by atoms with Crippen LogP contribution in [0.15, 0.2) is 9.98 Å². The van der Waals surface area contributed by atoms with Crippen molar-refractivity contribution < 1.29 is 4.79 Å². The summed E-state index contributed by atoms with van der Waals surface area (Å²) < 4.78 is 0. The number of hydrogen-bond donors (Lipinski definition) is 4. The van der Waals surface area contributed by atoms with Gasteiger partial charge in [0.15, 0.2) is 5.96 Å². The van der Waals surface area contributed by atoms with Crippen molar-refractivity contribution in [3.63, 3.8) is 0 Å². The molecule has 0 aromatic carbocycles. The number of rotatable bonds is 5. The fourth-order valence-electron chi connectivity index (χ4n) is 0.889. The second kappa shape index (κ2) is 7.49. The summed E-state index contributed by atoms with van der Waals surface area (Å²) in [6.07, 6.45) is 1.16. The van der Waals surface area contributed by atoms with Gasteiger partial charge in [0.05, 0.1) is 6.54 Å². The summed E-state index contributed by atoms with van der Waals surface area (Å²) in [7, 11) is 0. The van der Waals surface area contributed by atoms with Crippen LogP contribution in [0.1, 0.15) is 26.7 Å². The zero-order valence-electron chi connectivity index (χ0n) is 9.73. The minimum Gasteiger partial charge on any atom is -0.370 e. The molecule has 0 saturated heterocycles. The maximum absolute atomic E-state index is 11.3. The predicted octanol–water partition coefficient (Wildman–Crippen LogP) is -1.12. The van der Waals surface area contributed by atoms with Crippen molar-refractivity contribution in [3.8, 4) is 0 Å². The molecule has 7 N–H and O–H groups in total. The summed E-state index contributed by atoms with van der Waals surface area (Å²) in [6.45, 7) is 4.21. The van der Waals surface area contributed by atoms with Gasteiger partial charge in [-0.2, -0.15) is 4.99 Å². The third-order valence-corrected chi connectivity index (χ3v) is 1.88. The number of hydrogen-bond acceptors (Lipinski definition) is 2. The van der Waals surface area contributed by atoms with Crippen LogP contribution in [0.3, 0.4) is 0 Å². The van der Waals surface area contributed by atoms with Crippen molar-refractivity contribution in [1.82, 2.24) is 5.32 Å². The molecule has 16 heavy (non-hydrogen) atoms. The normalized spacial score (nSPS) is 13.0. The summed E-state index contributed by atoms with van der Waals surface area (Å²) in [4.78, 5) is 18.7. The molecule has 0 rings (SSSR count). The quantitative estimate of drug-likeness (QED) is 0.350. The lowest BCUT2D eigenvalue weighted by atomic mass is 10.2. The van der Waals surface area contributed by atoms with E-state index in [-0.39, 0.29) is 36.8 Å². The van der Waals surface area contributed by atoms with E-state index in [1.165, 1.54) is 0 Å². The number of carbonyl (C=O) groups excluding carboxylic acids is 1. The molecule has 92 valence electrons. The molecule has 0 spiro atoms. The van der Waals surface area contributed by atoms with Crippen LogP contribution in [-0.2, 0) is 4.79 Å². The van der Waals surface area contributed by atoms with Gasteiger partial charge in [-0.15, -0.1) is 0 Å². The van der Waals surface area contributed by atoms with Crippen molar-refractivity contribution in [1.29, 1.82) is 0 Å². The second-order valence-electron chi connectivity index (χ2n) is 3.40. The highest BCUT2D eigenvalue weighted by Crippen LogP contribution is 1.90. The largest absolute Gasteiger partial charge is 0.370 e. The van der Waals surface area contributed by atoms with Crippen LogP contribution in [0, 0.1) is 0 Å². The third-order valence-electron chi connectivity index (χ3n) is 1.88. The van der Waals surface area contributed by atoms with E-state index < -0.39 is 0 Å². The fourth-order valence-corrected chi connectivity index (χ4v) is 0.889. The number of nitrogens with one attached hydrogen (secondary N) is 1. The van der Waals surface area contributed by atoms with Gasteiger partial charge < -0.3 is 22.5 Å². The number of guanidine groups is 2. The first kappa shape index (κ1) is 14.2. The predicted molar refractivity (Wildman–Crippen MR) is 64.8 cm³/mol. The van der Waals surface area contributed by atoms with Crippen LogP contribution >= 0.6 is 0 Å². The van der Waals surface area contributed by atoms with Gasteiger partial charge in [0, 0.05) is 12.5 Å². The van der Waals surface area contributed by atoms with Crippen LogP contribution < -0.4 is 22.5 Å². The van der Waals surface area contributed by atoms with Crippen LogP contribution in [-0.4, -0.2) is 30.4 Å². The van der Waals surface area contributed by atoms with Crippen LogP contribution in [0.5, 0.6) is 0 Å². The third kappa shape index (κ3) is 7.60. The molecule has 0 aliphatic rings. The molecule has 0 fully saturated rings. The first-order chi connectivity index (χ1) is 7.45. The molecule has 0 saturated carbocycles. The van der Waals surface area contributed by atoms with Gasteiger partial charge in [0.25, 0.3) is 0 Å². The Hall–Kier alpha value is -1.79. The maximum Gasteiger partial charge on any atom is 0.222 e. The Morgan fingerprint density at radius 1 is 1.38 bits per heavy atom. The highest BCUT2D eigenvalue weighted by Gasteiger charge is 2.04. The molecule has 0 aliphatic carbocycles. The molecule has 0 radical (unpaired) electrons. The molecular weight excluding hydrogens is 208 g/mol. The van der Waals surface area contributed by atoms with E-state index in [0.717, 1.165) is 6.42 Å². The summed E-state index contributed by atoms with van der Waals surface area (Å²) in [6, 6.07) is 0.173. The molecule has 0 heterocycles. The van der Waals surface area contributed by atoms with Gasteiger partial charge in [0.2, 0.25) is 11.9 Å². The minimum atomic E-state index is -0.148. The van der Waals surface area contributed by atoms with E-state index in [1.54, 1.807) is 0 Å². The Bertz CT molecular complexity index is 282. The Morgan fingerprint density at radius 3 is 2.50 bits per heavy atom. The van der Waals surface area contributed by atoms with Crippen LogP contribution in [0.25, 0.3) is 0 Å². The monoisotopic (exact) mass is 228 g/mol. The van der Waals surface area contributed by atoms with E-state index in [0.29, 0.717) is 0 Å². The minimum absolute atomic E-state index is 0.0173. The average molecular weight is 228 g/mol. The summed E-state index contributed by atoms with van der Waals surface area (Å²) in [5, 5.41) is 2.81. The Kier molecular flexibility index (Phi) is 6.66. The fraction of sp³-hybridized carbons (Fsp3) is 0.667. The van der Waals surface area contributed by atoms with Crippen molar-refractivity contribution in [2.45, 2.75) is 32.7 Å². The van der Waals surface area contributed by atoms with E-state index in [4.69, 9.17) is 17.2 Å². The van der Waals surface area contributed by atoms with Gasteiger partial charge in [-0.25, -0.2) is 0 Å². The number of aliphatic imine (C=N–C) groups is 2. The van der Waals surface area contributed by atoms with Gasteiger partial charge in [-0.3, -0.25) is 9.79 Å². The molecule has 0 aliphatic heterocycles. The van der Waals surface area contributed by atoms with Gasteiger partial charge in [-0.1, -0.05) is 6.92 Å². The van der Waals surface area contributed by atoms with E-state index in [2.05, 4.69) is 15.3 Å². The SMILES string of the molecule is CCC(C)NC(=O)CCN=C(N)N=C(N)N. The molecule has 0 bridgehead atoms. The molecule has 1 unspecified atom stereocenters. The lowest BCUT2D eigenvalue weighted by Gasteiger charge is -2.10. The standard InChI is InChI=1S/C9H20N6O/c1-3-6(2)14-7(16)4-5-13-9(12)15-8(10)11/h6H,3-5H2,1-2H3,(H,14,16)(H6,10,11,12,13,15). The van der Waals surface area contributed by atoms with Crippen molar-refractivity contribution in [3.05, 3.63) is 0 Å². The number of carbonyl (C=O) groups is 1. The molecular formula is C9H20N6O. The lowest BCUT2D eigenvalue weighted by Crippen LogP contribution is -2.32. The molecule has 7 nitrogen and oxygen atoms in total. The highest BCUT2D eigenvalue weighted by atomic mass is 16.1. The van der Waals surface area contributed by atoms with E-state index in [1.807, 2.05) is 13.8 Å². The first-order valence-corrected chi connectivity index (χ1v) is 5.14. The zero-order chi connectivity index (χ0) is 12.6. The molecule has 1 atom stereocenters. The maximum atomic E-state index is 11.3. The van der Waals surface area contributed by atoms with E-state index >= 15 is 0 Å². The lowest BCUT2D eigenvalue weighted by molar-refractivity contribution is -0.121. The molecule has 1 amide bonds. The second-order valence-corrected chi connectivity index (χ2v) is 3.40. The van der Waals surface area contributed by atoms with Crippen LogP contribution in [0.4, 0.5) is 0 Å². The number of amides is 1. The number of nitrogens with two attached hydrogens (primary N) is 3. The Morgan fingerprint density at radius 2 is 2.00 bits per heavy atom. The van der Waals surface area contributed by atoms with Crippen LogP contribution in [0.2, 0.25) is 0 Å². The topological polar surface area (TPSA) is 132 Å². The molecule has 0 aromatic rings. The van der Waals surface area contributed by atoms with Gasteiger partial charge >= 0.3 is 0 Å². The van der Waals surface area contributed by atoms with Gasteiger partial charge in [0.1, 0.15) is 0 Å². The van der Waals surface area contributed by atoms with Gasteiger partial charge in [-0.05, 0) is 13.3 Å². The zero-order valence-corrected chi connectivity index (χ0v) is 9.73. The smallest absolute Gasteiger partial charge is 0.222 e. The molecule has 7 heteroatoms. The summed E-state index contributed by atoms with van der Waals surface area (Å²) in [5.74, 6) is -0.225. The van der Waals surface area contributed by atoms with E-state index in [9.17, 15) is 4.79 Å². The Labute approximate surface area is 95.2 Å². The van der Waals surface area contributed by atoms with Crippen molar-refractivity contribution in [2.24, 2.45) is 27.2 Å². The van der Waals surface area contributed by atoms with Crippen molar-refractivity contribution in [2.75, 3.05) is 6.54 Å². The van der Waals surface area contributed by atoms with Crippen molar-refractivity contribution >= 4 is 17.8 Å². The molecule has 0 aromatic heterocycles.